The van der Waals surface area contributed by atoms with E-state index in [1.807, 2.05) is 0 Å². The van der Waals surface area contributed by atoms with Crippen molar-refractivity contribution in [3.8, 4) is 0 Å². The van der Waals surface area contributed by atoms with Gasteiger partial charge in [0.1, 0.15) is 0 Å². The summed E-state index contributed by atoms with van der Waals surface area (Å²) in [7, 11) is 0. The highest BCUT2D eigenvalue weighted by atomic mass is 35.5. The molecular formula is C15H13ClF2N2O2S. The van der Waals surface area contributed by atoms with Crippen molar-refractivity contribution in [3.63, 3.8) is 0 Å². The smallest absolute Gasteiger partial charge is 0.292 e. The standard InChI is InChI=1S/C15H13ClF2N2O2S/c1-7-2-8-10-11(9(7)16)23-6-14(3-15(17,18)4-14)5-20(10)13(22)19-12(8)21/h2H,3-6H2,1H3,(H,19,21,22). The van der Waals surface area contributed by atoms with Crippen LogP contribution in [0.3, 0.4) is 0 Å². The summed E-state index contributed by atoms with van der Waals surface area (Å²) in [6, 6.07) is 1.64. The lowest BCUT2D eigenvalue weighted by Gasteiger charge is -2.46. The van der Waals surface area contributed by atoms with Gasteiger partial charge in [-0.2, -0.15) is 0 Å². The molecule has 8 heteroatoms. The molecule has 1 fully saturated rings. The molecule has 1 saturated carbocycles. The van der Waals surface area contributed by atoms with Crippen LogP contribution in [0.4, 0.5) is 8.78 Å². The molecule has 1 aliphatic carbocycles. The van der Waals surface area contributed by atoms with E-state index in [1.54, 1.807) is 13.0 Å². The van der Waals surface area contributed by atoms with Crippen molar-refractivity contribution in [3.05, 3.63) is 37.5 Å². The summed E-state index contributed by atoms with van der Waals surface area (Å²) in [4.78, 5) is 27.3. The molecule has 4 rings (SSSR count). The Morgan fingerprint density at radius 3 is 2.70 bits per heavy atom. The number of alkyl halides is 2. The maximum Gasteiger partial charge on any atom is 0.328 e. The van der Waals surface area contributed by atoms with Crippen molar-refractivity contribution in [2.24, 2.45) is 5.41 Å². The number of rotatable bonds is 0. The van der Waals surface area contributed by atoms with Crippen molar-refractivity contribution < 1.29 is 8.78 Å². The van der Waals surface area contributed by atoms with Crippen molar-refractivity contribution in [2.75, 3.05) is 5.75 Å². The summed E-state index contributed by atoms with van der Waals surface area (Å²) in [5.74, 6) is -2.22. The molecule has 2 aliphatic rings. The first-order valence-corrected chi connectivity index (χ1v) is 8.54. The highest BCUT2D eigenvalue weighted by molar-refractivity contribution is 7.99. The van der Waals surface area contributed by atoms with Crippen LogP contribution in [-0.4, -0.2) is 21.2 Å². The number of aryl methyl sites for hydroxylation is 1. The van der Waals surface area contributed by atoms with Gasteiger partial charge in [-0.1, -0.05) is 11.6 Å². The minimum atomic E-state index is -2.68. The van der Waals surface area contributed by atoms with E-state index in [0.29, 0.717) is 26.6 Å². The van der Waals surface area contributed by atoms with Crippen LogP contribution < -0.4 is 11.2 Å². The molecule has 1 aromatic carbocycles. The lowest BCUT2D eigenvalue weighted by molar-refractivity contribution is -0.156. The number of halogens is 3. The Morgan fingerprint density at radius 1 is 1.35 bits per heavy atom. The third-order valence-corrected chi connectivity index (χ3v) is 6.68. The second-order valence-corrected chi connectivity index (χ2v) is 7.94. The Balaban J connectivity index is 2.01. The van der Waals surface area contributed by atoms with Crippen molar-refractivity contribution in [1.29, 1.82) is 0 Å². The fourth-order valence-electron chi connectivity index (χ4n) is 3.68. The van der Waals surface area contributed by atoms with Crippen LogP contribution in [0.5, 0.6) is 0 Å². The second-order valence-electron chi connectivity index (χ2n) is 6.58. The van der Waals surface area contributed by atoms with Crippen molar-refractivity contribution >= 4 is 34.3 Å². The van der Waals surface area contributed by atoms with Gasteiger partial charge in [0.05, 0.1) is 20.8 Å². The maximum atomic E-state index is 13.4. The summed E-state index contributed by atoms with van der Waals surface area (Å²) < 4.78 is 28.3. The third kappa shape index (κ3) is 2.16. The van der Waals surface area contributed by atoms with Crippen LogP contribution in [-0.2, 0) is 6.54 Å². The monoisotopic (exact) mass is 358 g/mol. The first kappa shape index (κ1) is 15.2. The lowest BCUT2D eigenvalue weighted by Crippen LogP contribution is -2.51. The average molecular weight is 359 g/mol. The number of aromatic nitrogens is 2. The minimum Gasteiger partial charge on any atom is -0.292 e. The van der Waals surface area contributed by atoms with E-state index in [4.69, 9.17) is 11.6 Å². The van der Waals surface area contributed by atoms with Gasteiger partial charge in [-0.25, -0.2) is 13.6 Å². The van der Waals surface area contributed by atoms with Gasteiger partial charge < -0.3 is 0 Å². The van der Waals surface area contributed by atoms with E-state index in [9.17, 15) is 18.4 Å². The number of aromatic amines is 1. The Kier molecular flexibility index (Phi) is 3.04. The van der Waals surface area contributed by atoms with Crippen LogP contribution in [0.15, 0.2) is 20.6 Å². The van der Waals surface area contributed by atoms with E-state index in [1.165, 1.54) is 16.3 Å². The van der Waals surface area contributed by atoms with E-state index < -0.39 is 22.6 Å². The normalized spacial score (nSPS) is 21.2. The predicted molar refractivity (Wildman–Crippen MR) is 85.9 cm³/mol. The molecule has 122 valence electrons. The number of hydrogen-bond donors (Lipinski definition) is 1. The van der Waals surface area contributed by atoms with Gasteiger partial charge in [0.15, 0.2) is 0 Å². The molecule has 0 saturated heterocycles. The van der Waals surface area contributed by atoms with Gasteiger partial charge in [-0.15, -0.1) is 11.8 Å². The van der Waals surface area contributed by atoms with Crippen molar-refractivity contribution in [1.82, 2.24) is 9.55 Å². The minimum absolute atomic E-state index is 0.175. The SMILES string of the molecule is Cc1cc2c(=O)[nH]c(=O)n3c2c(c1Cl)SCC1(C3)CC(F)(F)C1. The summed E-state index contributed by atoms with van der Waals surface area (Å²) in [5.41, 5.74) is -0.489. The van der Waals surface area contributed by atoms with Gasteiger partial charge in [0.25, 0.3) is 5.56 Å². The first-order valence-electron chi connectivity index (χ1n) is 7.18. The van der Waals surface area contributed by atoms with Crippen LogP contribution in [0.1, 0.15) is 18.4 Å². The molecule has 1 spiro atoms. The highest BCUT2D eigenvalue weighted by Gasteiger charge is 2.57. The fourth-order valence-corrected chi connectivity index (χ4v) is 5.37. The van der Waals surface area contributed by atoms with Gasteiger partial charge >= 0.3 is 5.69 Å². The molecule has 1 aromatic heterocycles. The molecule has 0 atom stereocenters. The number of nitrogens with zero attached hydrogens (tertiary/aromatic N) is 1. The Hall–Kier alpha value is -1.34. The molecule has 23 heavy (non-hydrogen) atoms. The Morgan fingerprint density at radius 2 is 2.04 bits per heavy atom. The zero-order valence-corrected chi connectivity index (χ0v) is 13.8. The van der Waals surface area contributed by atoms with Gasteiger partial charge in [0.2, 0.25) is 5.92 Å². The summed E-state index contributed by atoms with van der Waals surface area (Å²) in [6.45, 7) is 1.96. The Labute approximate surface area is 138 Å². The second kappa shape index (κ2) is 4.60. The fraction of sp³-hybridized carbons (Fsp3) is 0.467. The first-order chi connectivity index (χ1) is 10.7. The lowest BCUT2D eigenvalue weighted by atomic mass is 9.67. The summed E-state index contributed by atoms with van der Waals surface area (Å²) in [6.07, 6.45) is -0.491. The third-order valence-electron chi connectivity index (χ3n) is 4.64. The van der Waals surface area contributed by atoms with Crippen LogP contribution >= 0.6 is 23.4 Å². The van der Waals surface area contributed by atoms with Gasteiger partial charge in [0, 0.05) is 30.6 Å². The molecule has 2 heterocycles. The molecule has 2 aromatic rings. The number of thioether (sulfide) groups is 1. The zero-order chi connectivity index (χ0) is 16.6. The van der Waals surface area contributed by atoms with E-state index in [2.05, 4.69) is 4.98 Å². The molecular weight excluding hydrogens is 346 g/mol. The highest BCUT2D eigenvalue weighted by Crippen LogP contribution is 2.57. The van der Waals surface area contributed by atoms with Gasteiger partial charge in [-0.05, 0) is 18.6 Å². The predicted octanol–water partition coefficient (Wildman–Crippen LogP) is 3.17. The number of H-pyrrole nitrogens is 1. The molecule has 4 nitrogen and oxygen atoms in total. The topological polar surface area (TPSA) is 54.9 Å². The quantitative estimate of drug-likeness (QED) is 0.787. The molecule has 1 aliphatic heterocycles. The average Bonchev–Trinajstić information content (AvgIpc) is 2.58. The molecule has 0 unspecified atom stereocenters. The van der Waals surface area contributed by atoms with E-state index in [-0.39, 0.29) is 19.4 Å². The van der Waals surface area contributed by atoms with Gasteiger partial charge in [-0.3, -0.25) is 14.3 Å². The largest absolute Gasteiger partial charge is 0.328 e. The molecule has 1 N–H and O–H groups in total. The maximum absolute atomic E-state index is 13.4. The van der Waals surface area contributed by atoms with Crippen LogP contribution in [0.25, 0.3) is 10.9 Å². The van der Waals surface area contributed by atoms with E-state index in [0.717, 1.165) is 5.56 Å². The van der Waals surface area contributed by atoms with Crippen molar-refractivity contribution in [2.45, 2.75) is 37.1 Å². The number of hydrogen-bond acceptors (Lipinski definition) is 3. The molecule has 0 bridgehead atoms. The van der Waals surface area contributed by atoms with Crippen LogP contribution in [0.2, 0.25) is 5.02 Å². The zero-order valence-electron chi connectivity index (χ0n) is 12.2. The Bertz CT molecular complexity index is 959. The molecule has 0 amide bonds. The van der Waals surface area contributed by atoms with Crippen LogP contribution in [0, 0.1) is 12.3 Å². The summed E-state index contributed by atoms with van der Waals surface area (Å²) in [5, 5.41) is 0.849. The number of benzene rings is 1. The van der Waals surface area contributed by atoms with E-state index >= 15 is 0 Å². The number of nitrogens with one attached hydrogen (secondary N) is 1. The summed E-state index contributed by atoms with van der Waals surface area (Å²) >= 11 is 7.74. The molecule has 0 radical (unpaired) electrons.